The summed E-state index contributed by atoms with van der Waals surface area (Å²) in [5.74, 6) is -3.72. The van der Waals surface area contributed by atoms with E-state index in [1.807, 2.05) is 0 Å². The number of hydrogen-bond acceptors (Lipinski definition) is 3. The lowest BCUT2D eigenvalue weighted by atomic mass is 10.1. The van der Waals surface area contributed by atoms with Crippen molar-refractivity contribution < 1.29 is 27.5 Å². The number of carbonyl (C=O) groups is 2. The number of carbonyl (C=O) groups excluding carboxylic acids is 2. The molecule has 0 aliphatic rings. The number of nitrogens with one attached hydrogen (secondary N) is 1. The van der Waals surface area contributed by atoms with Gasteiger partial charge in [0.25, 0.3) is 5.91 Å². The van der Waals surface area contributed by atoms with Crippen LogP contribution in [-0.2, 0) is 16.0 Å². The third kappa shape index (κ3) is 5.42. The Bertz CT molecular complexity index is 712. The highest BCUT2D eigenvalue weighted by Gasteiger charge is 2.12. The zero-order chi connectivity index (χ0) is 17.5. The molecule has 0 aromatic heterocycles. The van der Waals surface area contributed by atoms with Gasteiger partial charge in [-0.15, -0.1) is 0 Å². The molecule has 0 heterocycles. The van der Waals surface area contributed by atoms with E-state index in [2.05, 4.69) is 10.1 Å². The first kappa shape index (κ1) is 17.5. The molecule has 0 saturated carbocycles. The molecule has 126 valence electrons. The van der Waals surface area contributed by atoms with Crippen LogP contribution in [-0.4, -0.2) is 25.0 Å². The van der Waals surface area contributed by atoms with E-state index in [0.29, 0.717) is 12.5 Å². The number of rotatable bonds is 6. The van der Waals surface area contributed by atoms with Crippen molar-refractivity contribution in [3.8, 4) is 0 Å². The van der Waals surface area contributed by atoms with Gasteiger partial charge < -0.3 is 10.1 Å². The number of halogens is 3. The second kappa shape index (κ2) is 8.14. The van der Waals surface area contributed by atoms with Gasteiger partial charge in [-0.3, -0.25) is 4.79 Å². The fourth-order valence-electron chi connectivity index (χ4n) is 1.93. The van der Waals surface area contributed by atoms with E-state index in [1.54, 1.807) is 12.1 Å². The zero-order valence-corrected chi connectivity index (χ0v) is 12.5. The smallest absolute Gasteiger partial charge is 0.338 e. The van der Waals surface area contributed by atoms with Gasteiger partial charge in [0.2, 0.25) is 0 Å². The first-order valence-corrected chi connectivity index (χ1v) is 7.08. The summed E-state index contributed by atoms with van der Waals surface area (Å²) in [6, 6.07) is 8.09. The van der Waals surface area contributed by atoms with Crippen LogP contribution in [0.4, 0.5) is 13.2 Å². The van der Waals surface area contributed by atoms with E-state index in [0.717, 1.165) is 17.7 Å². The Morgan fingerprint density at radius 2 is 1.54 bits per heavy atom. The van der Waals surface area contributed by atoms with Crippen LogP contribution in [0.1, 0.15) is 15.9 Å². The number of benzene rings is 2. The van der Waals surface area contributed by atoms with Crippen molar-refractivity contribution in [3.63, 3.8) is 0 Å². The molecule has 0 aliphatic heterocycles. The Labute approximate surface area is 136 Å². The van der Waals surface area contributed by atoms with Gasteiger partial charge in [0.05, 0.1) is 5.56 Å². The Kier molecular flexibility index (Phi) is 5.95. The Hall–Kier alpha value is -2.83. The lowest BCUT2D eigenvalue weighted by Crippen LogP contribution is -2.30. The van der Waals surface area contributed by atoms with Crippen molar-refractivity contribution in [2.75, 3.05) is 13.2 Å². The van der Waals surface area contributed by atoms with Gasteiger partial charge in [0.15, 0.2) is 6.61 Å². The topological polar surface area (TPSA) is 55.4 Å². The van der Waals surface area contributed by atoms with Crippen LogP contribution >= 0.6 is 0 Å². The summed E-state index contributed by atoms with van der Waals surface area (Å²) < 4.78 is 43.4. The molecule has 2 rings (SSSR count). The van der Waals surface area contributed by atoms with Gasteiger partial charge in [-0.05, 0) is 36.2 Å². The van der Waals surface area contributed by atoms with Crippen molar-refractivity contribution in [1.29, 1.82) is 0 Å². The second-order valence-corrected chi connectivity index (χ2v) is 4.96. The van der Waals surface area contributed by atoms with Gasteiger partial charge in [-0.1, -0.05) is 12.1 Å². The van der Waals surface area contributed by atoms with Gasteiger partial charge in [0, 0.05) is 12.6 Å². The SMILES string of the molecule is O=C(COC(=O)c1cc(F)cc(F)c1)NCCc1ccc(F)cc1. The quantitative estimate of drug-likeness (QED) is 0.825. The fraction of sp³-hybridized carbons (Fsp3) is 0.176. The molecule has 0 radical (unpaired) electrons. The summed E-state index contributed by atoms with van der Waals surface area (Å²) in [7, 11) is 0. The Morgan fingerprint density at radius 1 is 0.917 bits per heavy atom. The van der Waals surface area contributed by atoms with E-state index >= 15 is 0 Å². The molecule has 7 heteroatoms. The van der Waals surface area contributed by atoms with Crippen LogP contribution in [0.15, 0.2) is 42.5 Å². The minimum absolute atomic E-state index is 0.274. The summed E-state index contributed by atoms with van der Waals surface area (Å²) >= 11 is 0. The van der Waals surface area contributed by atoms with E-state index in [-0.39, 0.29) is 17.9 Å². The minimum Gasteiger partial charge on any atom is -0.452 e. The average molecular weight is 337 g/mol. The highest BCUT2D eigenvalue weighted by molar-refractivity contribution is 5.91. The predicted octanol–water partition coefficient (Wildman–Crippen LogP) is 2.62. The first-order valence-electron chi connectivity index (χ1n) is 7.08. The highest BCUT2D eigenvalue weighted by Crippen LogP contribution is 2.09. The van der Waals surface area contributed by atoms with Crippen molar-refractivity contribution >= 4 is 11.9 Å². The highest BCUT2D eigenvalue weighted by atomic mass is 19.1. The molecule has 0 saturated heterocycles. The lowest BCUT2D eigenvalue weighted by Gasteiger charge is -2.07. The van der Waals surface area contributed by atoms with Crippen LogP contribution in [0, 0.1) is 17.5 Å². The van der Waals surface area contributed by atoms with Gasteiger partial charge >= 0.3 is 5.97 Å². The maximum Gasteiger partial charge on any atom is 0.338 e. The van der Waals surface area contributed by atoms with E-state index in [1.165, 1.54) is 12.1 Å². The molecule has 0 fully saturated rings. The van der Waals surface area contributed by atoms with E-state index in [4.69, 9.17) is 0 Å². The number of esters is 1. The van der Waals surface area contributed by atoms with Crippen LogP contribution in [0.25, 0.3) is 0 Å². The van der Waals surface area contributed by atoms with Crippen molar-refractivity contribution in [3.05, 3.63) is 71.0 Å². The molecular weight excluding hydrogens is 323 g/mol. The zero-order valence-electron chi connectivity index (χ0n) is 12.5. The van der Waals surface area contributed by atoms with Crippen molar-refractivity contribution in [2.24, 2.45) is 0 Å². The monoisotopic (exact) mass is 337 g/mol. The summed E-state index contributed by atoms with van der Waals surface area (Å²) in [4.78, 5) is 23.2. The maximum atomic E-state index is 13.0. The van der Waals surface area contributed by atoms with E-state index in [9.17, 15) is 22.8 Å². The standard InChI is InChI=1S/C17H14F3NO3/c18-13-3-1-11(2-4-13)5-6-21-16(22)10-24-17(23)12-7-14(19)9-15(20)8-12/h1-4,7-9H,5-6,10H2,(H,21,22). The molecule has 0 aliphatic carbocycles. The van der Waals surface area contributed by atoms with Crippen LogP contribution < -0.4 is 5.32 Å². The fourth-order valence-corrected chi connectivity index (χ4v) is 1.93. The molecule has 1 amide bonds. The van der Waals surface area contributed by atoms with Crippen LogP contribution in [0.2, 0.25) is 0 Å². The van der Waals surface area contributed by atoms with E-state index < -0.39 is 30.1 Å². The first-order chi connectivity index (χ1) is 11.4. The third-order valence-electron chi connectivity index (χ3n) is 3.08. The molecule has 2 aromatic rings. The number of ether oxygens (including phenoxy) is 1. The molecule has 1 N–H and O–H groups in total. The normalized spacial score (nSPS) is 10.3. The van der Waals surface area contributed by atoms with Crippen LogP contribution in [0.3, 0.4) is 0 Å². The van der Waals surface area contributed by atoms with Gasteiger partial charge in [-0.25, -0.2) is 18.0 Å². The summed E-state index contributed by atoms with van der Waals surface area (Å²) in [5, 5.41) is 2.52. The molecule has 0 atom stereocenters. The number of amides is 1. The molecule has 0 bridgehead atoms. The minimum atomic E-state index is -0.998. The molecule has 24 heavy (non-hydrogen) atoms. The van der Waals surface area contributed by atoms with Crippen molar-refractivity contribution in [1.82, 2.24) is 5.32 Å². The molecule has 4 nitrogen and oxygen atoms in total. The second-order valence-electron chi connectivity index (χ2n) is 4.96. The molecule has 0 spiro atoms. The van der Waals surface area contributed by atoms with Crippen molar-refractivity contribution in [2.45, 2.75) is 6.42 Å². The predicted molar refractivity (Wildman–Crippen MR) is 79.8 cm³/mol. The molecule has 2 aromatic carbocycles. The van der Waals surface area contributed by atoms with Crippen LogP contribution in [0.5, 0.6) is 0 Å². The van der Waals surface area contributed by atoms with Gasteiger partial charge in [0.1, 0.15) is 17.5 Å². The Balaban J connectivity index is 1.74. The summed E-state index contributed by atoms with van der Waals surface area (Å²) in [6.45, 7) is -0.295. The number of hydrogen-bond donors (Lipinski definition) is 1. The average Bonchev–Trinajstić information content (AvgIpc) is 2.53. The summed E-state index contributed by atoms with van der Waals surface area (Å²) in [5.41, 5.74) is 0.524. The lowest BCUT2D eigenvalue weighted by molar-refractivity contribution is -0.124. The Morgan fingerprint density at radius 3 is 2.17 bits per heavy atom. The summed E-state index contributed by atoms with van der Waals surface area (Å²) in [6.07, 6.45) is 0.481. The molecule has 0 unspecified atom stereocenters. The maximum absolute atomic E-state index is 13.0. The molecular formula is C17H14F3NO3. The van der Waals surface area contributed by atoms with Gasteiger partial charge in [-0.2, -0.15) is 0 Å². The largest absolute Gasteiger partial charge is 0.452 e. The third-order valence-corrected chi connectivity index (χ3v) is 3.08.